The summed E-state index contributed by atoms with van der Waals surface area (Å²) in [4.78, 5) is 0. The van der Waals surface area contributed by atoms with Gasteiger partial charge in [-0.05, 0) is 19.8 Å². The van der Waals surface area contributed by atoms with Gasteiger partial charge in [0.05, 0.1) is 0 Å². The maximum atomic E-state index is 10.2. The summed E-state index contributed by atoms with van der Waals surface area (Å²) in [6.45, 7) is 10.8. The fraction of sp³-hybridized carbons (Fsp3) is 0.882. The Kier molecular flexibility index (Phi) is 9.48. The van der Waals surface area contributed by atoms with Crippen molar-refractivity contribution in [1.29, 1.82) is 0 Å². The summed E-state index contributed by atoms with van der Waals surface area (Å²) < 4.78 is 0. The molecule has 0 saturated carbocycles. The number of unbranched alkanes of at least 4 members (excludes halogenated alkanes) is 7. The SMILES string of the molecule is CCCCCCCCCCC(C)(O)C#C[Si](C)(C)C. The summed E-state index contributed by atoms with van der Waals surface area (Å²) in [7, 11) is -1.36. The lowest BCUT2D eigenvalue weighted by atomic mass is 9.98. The van der Waals surface area contributed by atoms with Crippen molar-refractivity contribution in [2.45, 2.75) is 96.9 Å². The second-order valence-corrected chi connectivity index (χ2v) is 11.7. The van der Waals surface area contributed by atoms with Gasteiger partial charge >= 0.3 is 0 Å². The molecule has 0 aromatic carbocycles. The Morgan fingerprint density at radius 2 is 1.37 bits per heavy atom. The zero-order valence-corrected chi connectivity index (χ0v) is 14.8. The van der Waals surface area contributed by atoms with Gasteiger partial charge in [0.2, 0.25) is 0 Å². The highest BCUT2D eigenvalue weighted by atomic mass is 28.3. The first-order valence-corrected chi connectivity index (χ1v) is 11.5. The summed E-state index contributed by atoms with van der Waals surface area (Å²) >= 11 is 0. The van der Waals surface area contributed by atoms with Gasteiger partial charge in [0, 0.05) is 0 Å². The third-order valence-corrected chi connectivity index (χ3v) is 4.10. The predicted octanol–water partition coefficient (Wildman–Crippen LogP) is 5.15. The Balaban J connectivity index is 3.66. The molecule has 0 aromatic rings. The van der Waals surface area contributed by atoms with E-state index < -0.39 is 13.7 Å². The Bertz CT molecular complexity index is 278. The average molecular weight is 283 g/mol. The largest absolute Gasteiger partial charge is 0.378 e. The van der Waals surface area contributed by atoms with Crippen molar-refractivity contribution < 1.29 is 5.11 Å². The van der Waals surface area contributed by atoms with Crippen LogP contribution in [0.4, 0.5) is 0 Å². The zero-order valence-electron chi connectivity index (χ0n) is 13.8. The van der Waals surface area contributed by atoms with Gasteiger partial charge in [-0.25, -0.2) is 0 Å². The Morgan fingerprint density at radius 3 is 1.84 bits per heavy atom. The molecule has 0 heterocycles. The smallest absolute Gasteiger partial charge is 0.129 e. The van der Waals surface area contributed by atoms with Crippen LogP contribution in [0, 0.1) is 11.5 Å². The Labute approximate surface area is 122 Å². The van der Waals surface area contributed by atoms with E-state index >= 15 is 0 Å². The van der Waals surface area contributed by atoms with Crippen molar-refractivity contribution >= 4 is 8.07 Å². The molecular formula is C17H34OSi. The molecule has 0 rings (SSSR count). The van der Waals surface area contributed by atoms with Crippen LogP contribution in [-0.4, -0.2) is 18.8 Å². The molecule has 0 aliphatic carbocycles. The standard InChI is InChI=1S/C17H34OSi/c1-6-7-8-9-10-11-12-13-14-17(2,18)15-16-19(3,4)5/h18H,6-14H2,1-5H3. The second kappa shape index (κ2) is 9.61. The first-order chi connectivity index (χ1) is 8.77. The number of aliphatic hydroxyl groups is 1. The van der Waals surface area contributed by atoms with Crippen LogP contribution in [0.25, 0.3) is 0 Å². The average Bonchev–Trinajstić information content (AvgIpc) is 2.29. The van der Waals surface area contributed by atoms with Gasteiger partial charge in [-0.15, -0.1) is 5.54 Å². The maximum absolute atomic E-state index is 10.2. The molecule has 0 aliphatic heterocycles. The predicted molar refractivity (Wildman–Crippen MR) is 89.0 cm³/mol. The minimum Gasteiger partial charge on any atom is -0.378 e. The van der Waals surface area contributed by atoms with Crippen LogP contribution >= 0.6 is 0 Å². The lowest BCUT2D eigenvalue weighted by Crippen LogP contribution is -2.24. The lowest BCUT2D eigenvalue weighted by Gasteiger charge is -2.17. The van der Waals surface area contributed by atoms with Crippen molar-refractivity contribution in [3.8, 4) is 11.5 Å². The van der Waals surface area contributed by atoms with E-state index in [1.807, 2.05) is 6.92 Å². The Morgan fingerprint density at radius 1 is 0.895 bits per heavy atom. The molecule has 1 N–H and O–H groups in total. The molecule has 1 unspecified atom stereocenters. The van der Waals surface area contributed by atoms with Gasteiger partial charge in [0.25, 0.3) is 0 Å². The van der Waals surface area contributed by atoms with Crippen LogP contribution in [0.1, 0.15) is 71.6 Å². The summed E-state index contributed by atoms with van der Waals surface area (Å²) in [5.74, 6) is 3.09. The molecule has 0 aliphatic rings. The molecule has 2 heteroatoms. The Hall–Kier alpha value is -0.263. The molecule has 0 aromatic heterocycles. The molecule has 0 amide bonds. The van der Waals surface area contributed by atoms with Crippen molar-refractivity contribution in [2.75, 3.05) is 0 Å². The van der Waals surface area contributed by atoms with E-state index in [9.17, 15) is 5.11 Å². The second-order valence-electron chi connectivity index (χ2n) is 7.00. The van der Waals surface area contributed by atoms with E-state index in [2.05, 4.69) is 38.0 Å². The van der Waals surface area contributed by atoms with E-state index in [-0.39, 0.29) is 0 Å². The highest BCUT2D eigenvalue weighted by Crippen LogP contribution is 2.16. The summed E-state index contributed by atoms with van der Waals surface area (Å²) in [6.07, 6.45) is 11.3. The highest BCUT2D eigenvalue weighted by molar-refractivity contribution is 6.83. The molecule has 112 valence electrons. The first kappa shape index (κ1) is 18.7. The molecule has 0 spiro atoms. The van der Waals surface area contributed by atoms with Gasteiger partial charge in [-0.1, -0.05) is 77.4 Å². The monoisotopic (exact) mass is 282 g/mol. The van der Waals surface area contributed by atoms with Crippen LogP contribution < -0.4 is 0 Å². The third kappa shape index (κ3) is 14.0. The molecule has 19 heavy (non-hydrogen) atoms. The van der Waals surface area contributed by atoms with Crippen molar-refractivity contribution in [3.63, 3.8) is 0 Å². The van der Waals surface area contributed by atoms with Gasteiger partial charge in [0.1, 0.15) is 13.7 Å². The topological polar surface area (TPSA) is 20.2 Å². The van der Waals surface area contributed by atoms with E-state index in [0.717, 1.165) is 12.8 Å². The number of hydrogen-bond donors (Lipinski definition) is 1. The van der Waals surface area contributed by atoms with Crippen LogP contribution in [0.3, 0.4) is 0 Å². The fourth-order valence-electron chi connectivity index (χ4n) is 1.99. The molecule has 0 fully saturated rings. The summed E-state index contributed by atoms with van der Waals surface area (Å²) in [6, 6.07) is 0. The van der Waals surface area contributed by atoms with Gasteiger partial charge in [-0.3, -0.25) is 0 Å². The lowest BCUT2D eigenvalue weighted by molar-refractivity contribution is 0.109. The van der Waals surface area contributed by atoms with Crippen LogP contribution in [0.15, 0.2) is 0 Å². The highest BCUT2D eigenvalue weighted by Gasteiger charge is 2.17. The number of hydrogen-bond acceptors (Lipinski definition) is 1. The number of rotatable bonds is 9. The molecule has 0 bridgehead atoms. The van der Waals surface area contributed by atoms with Crippen LogP contribution in [0.5, 0.6) is 0 Å². The van der Waals surface area contributed by atoms with Crippen LogP contribution in [-0.2, 0) is 0 Å². The molecule has 0 saturated heterocycles. The van der Waals surface area contributed by atoms with E-state index in [4.69, 9.17) is 0 Å². The van der Waals surface area contributed by atoms with Gasteiger partial charge in [-0.2, -0.15) is 0 Å². The van der Waals surface area contributed by atoms with Crippen molar-refractivity contribution in [2.24, 2.45) is 0 Å². The normalized spacial score (nSPS) is 14.6. The van der Waals surface area contributed by atoms with Crippen molar-refractivity contribution in [1.82, 2.24) is 0 Å². The summed E-state index contributed by atoms with van der Waals surface area (Å²) in [5.41, 5.74) is 2.50. The molecular weight excluding hydrogens is 248 g/mol. The van der Waals surface area contributed by atoms with Crippen LogP contribution in [0.2, 0.25) is 19.6 Å². The van der Waals surface area contributed by atoms with Crippen molar-refractivity contribution in [3.05, 3.63) is 0 Å². The van der Waals surface area contributed by atoms with E-state index in [1.54, 1.807) is 0 Å². The van der Waals surface area contributed by atoms with Gasteiger partial charge < -0.3 is 5.11 Å². The maximum Gasteiger partial charge on any atom is 0.129 e. The molecule has 0 radical (unpaired) electrons. The van der Waals surface area contributed by atoms with E-state index in [0.29, 0.717) is 0 Å². The molecule has 1 atom stereocenters. The summed E-state index contributed by atoms with van der Waals surface area (Å²) in [5, 5.41) is 10.2. The third-order valence-electron chi connectivity index (χ3n) is 3.22. The zero-order chi connectivity index (χ0) is 14.8. The fourth-order valence-corrected chi connectivity index (χ4v) is 2.63. The molecule has 1 nitrogen and oxygen atoms in total. The van der Waals surface area contributed by atoms with E-state index in [1.165, 1.54) is 44.9 Å². The quantitative estimate of drug-likeness (QED) is 0.352. The minimum absolute atomic E-state index is 0.775. The first-order valence-electron chi connectivity index (χ1n) is 8.03. The minimum atomic E-state index is -1.36. The van der Waals surface area contributed by atoms with Gasteiger partial charge in [0.15, 0.2) is 0 Å².